The van der Waals surface area contributed by atoms with Crippen LogP contribution in [-0.2, 0) is 19.3 Å². The summed E-state index contributed by atoms with van der Waals surface area (Å²) in [6, 6.07) is 10.9. The zero-order chi connectivity index (χ0) is 22.7. The van der Waals surface area contributed by atoms with Gasteiger partial charge in [0.2, 0.25) is 5.95 Å². The largest absolute Gasteiger partial charge is 0.416 e. The fourth-order valence-electron chi connectivity index (χ4n) is 2.95. The van der Waals surface area contributed by atoms with Crippen LogP contribution >= 0.6 is 0 Å². The van der Waals surface area contributed by atoms with E-state index in [2.05, 4.69) is 30.6 Å². The molecule has 0 saturated carbocycles. The highest BCUT2D eigenvalue weighted by Gasteiger charge is 2.29. The summed E-state index contributed by atoms with van der Waals surface area (Å²) in [5.41, 5.74) is 1.70. The van der Waals surface area contributed by atoms with Crippen LogP contribution in [0.3, 0.4) is 0 Å². The maximum atomic E-state index is 12.7. The first-order chi connectivity index (χ1) is 15.3. The van der Waals surface area contributed by atoms with Gasteiger partial charge in [0.15, 0.2) is 11.5 Å². The first-order valence-corrected chi connectivity index (χ1v) is 9.38. The fourth-order valence-corrected chi connectivity index (χ4v) is 2.95. The molecule has 0 fully saturated rings. The number of nitro groups is 1. The van der Waals surface area contributed by atoms with E-state index in [1.54, 1.807) is 12.1 Å². The van der Waals surface area contributed by atoms with Crippen LogP contribution in [0.2, 0.25) is 0 Å². The molecule has 0 aliphatic heterocycles. The molecule has 0 aliphatic carbocycles. The van der Waals surface area contributed by atoms with Gasteiger partial charge in [-0.25, -0.2) is 4.98 Å². The Morgan fingerprint density at radius 1 is 0.938 bits per heavy atom. The van der Waals surface area contributed by atoms with Gasteiger partial charge in [0.05, 0.1) is 16.8 Å². The molecular weight excluding hydrogens is 427 g/mol. The van der Waals surface area contributed by atoms with Gasteiger partial charge in [-0.3, -0.25) is 10.1 Å². The average Bonchev–Trinajstić information content (AvgIpc) is 3.25. The molecule has 4 aromatic rings. The summed E-state index contributed by atoms with van der Waals surface area (Å²) < 4.78 is 38.1. The molecule has 2 aromatic heterocycles. The van der Waals surface area contributed by atoms with Gasteiger partial charge in [-0.05, 0) is 23.3 Å². The van der Waals surface area contributed by atoms with Crippen LogP contribution < -0.4 is 10.6 Å². The molecule has 4 rings (SSSR count). The Labute approximate surface area is 178 Å². The molecule has 0 saturated heterocycles. The van der Waals surface area contributed by atoms with Gasteiger partial charge in [0, 0.05) is 25.2 Å². The summed E-state index contributed by atoms with van der Waals surface area (Å²) in [7, 11) is 0. The smallest absolute Gasteiger partial charge is 0.364 e. The number of alkyl halides is 3. The van der Waals surface area contributed by atoms with Gasteiger partial charge in [0.25, 0.3) is 5.69 Å². The molecule has 2 heterocycles. The van der Waals surface area contributed by atoms with Crippen molar-refractivity contribution in [3.8, 4) is 0 Å². The van der Waals surface area contributed by atoms with Crippen LogP contribution in [0.4, 0.5) is 30.6 Å². The highest BCUT2D eigenvalue weighted by Crippen LogP contribution is 2.29. The highest BCUT2D eigenvalue weighted by atomic mass is 19.4. The molecular formula is C20H16F3N7O2. The van der Waals surface area contributed by atoms with E-state index in [4.69, 9.17) is 0 Å². The number of imidazole rings is 1. The van der Waals surface area contributed by atoms with E-state index in [1.165, 1.54) is 30.6 Å². The molecule has 32 heavy (non-hydrogen) atoms. The van der Waals surface area contributed by atoms with Gasteiger partial charge < -0.3 is 15.6 Å². The van der Waals surface area contributed by atoms with E-state index in [1.807, 2.05) is 0 Å². The zero-order valence-electron chi connectivity index (χ0n) is 16.3. The predicted octanol–water partition coefficient (Wildman–Crippen LogP) is 4.50. The topological polar surface area (TPSA) is 122 Å². The zero-order valence-corrected chi connectivity index (χ0v) is 16.3. The van der Waals surface area contributed by atoms with Crippen LogP contribution in [-0.4, -0.2) is 24.9 Å². The number of fused-ring (bicyclic) bond motifs is 1. The quantitative estimate of drug-likeness (QED) is 0.284. The summed E-state index contributed by atoms with van der Waals surface area (Å²) >= 11 is 0. The number of aromatic nitrogens is 4. The molecule has 12 heteroatoms. The van der Waals surface area contributed by atoms with E-state index in [0.29, 0.717) is 29.1 Å². The number of benzene rings is 2. The van der Waals surface area contributed by atoms with Crippen LogP contribution in [0, 0.1) is 10.1 Å². The number of nitro benzene ring substituents is 1. The third kappa shape index (κ3) is 4.74. The Morgan fingerprint density at radius 2 is 1.56 bits per heavy atom. The summed E-state index contributed by atoms with van der Waals surface area (Å²) in [6.45, 7) is 0.567. The second-order valence-corrected chi connectivity index (χ2v) is 6.82. The van der Waals surface area contributed by atoms with E-state index < -0.39 is 16.7 Å². The molecule has 3 N–H and O–H groups in total. The van der Waals surface area contributed by atoms with E-state index >= 15 is 0 Å². The lowest BCUT2D eigenvalue weighted by Crippen LogP contribution is -2.09. The number of nitrogens with one attached hydrogen (secondary N) is 3. The molecule has 2 aromatic carbocycles. The van der Waals surface area contributed by atoms with Gasteiger partial charge in [-0.2, -0.15) is 23.1 Å². The van der Waals surface area contributed by atoms with Crippen molar-refractivity contribution < 1.29 is 18.1 Å². The van der Waals surface area contributed by atoms with Crippen molar-refractivity contribution in [3.05, 3.63) is 81.7 Å². The van der Waals surface area contributed by atoms with Crippen molar-refractivity contribution in [1.82, 2.24) is 19.9 Å². The number of aromatic amines is 1. The van der Waals surface area contributed by atoms with Crippen molar-refractivity contribution in [2.45, 2.75) is 19.3 Å². The molecule has 9 nitrogen and oxygen atoms in total. The monoisotopic (exact) mass is 443 g/mol. The number of rotatable bonds is 7. The summed E-state index contributed by atoms with van der Waals surface area (Å²) in [5, 5.41) is 16.9. The summed E-state index contributed by atoms with van der Waals surface area (Å²) in [4.78, 5) is 26.1. The van der Waals surface area contributed by atoms with Crippen molar-refractivity contribution in [1.29, 1.82) is 0 Å². The molecule has 0 bridgehead atoms. The normalized spacial score (nSPS) is 11.5. The molecule has 0 unspecified atom stereocenters. The van der Waals surface area contributed by atoms with Gasteiger partial charge >= 0.3 is 6.18 Å². The minimum Gasteiger partial charge on any atom is -0.364 e. The number of nitrogens with zero attached hydrogens (tertiary/aromatic N) is 4. The third-order valence-electron chi connectivity index (χ3n) is 4.62. The average molecular weight is 443 g/mol. The van der Waals surface area contributed by atoms with Crippen molar-refractivity contribution >= 4 is 28.6 Å². The van der Waals surface area contributed by atoms with E-state index in [9.17, 15) is 23.3 Å². The number of H-pyrrole nitrogens is 1. The Kier molecular flexibility index (Phi) is 5.58. The first-order valence-electron chi connectivity index (χ1n) is 9.38. The molecule has 0 radical (unpaired) electrons. The maximum absolute atomic E-state index is 12.7. The first kappa shape index (κ1) is 21.0. The number of hydrogen-bond donors (Lipinski definition) is 3. The van der Waals surface area contributed by atoms with E-state index in [-0.39, 0.29) is 18.2 Å². The standard InChI is InChI=1S/C20H16F3N7O2/c21-20(22,23)14-5-1-12(2-6-14)10-25-19-28-17(16-18(29-19)27-11-26-16)24-9-13-3-7-15(8-4-13)30(31)32/h1-8,11H,9-10H2,(H3,24,25,26,27,28,29). The third-order valence-corrected chi connectivity index (χ3v) is 4.62. The number of hydrogen-bond acceptors (Lipinski definition) is 7. The van der Waals surface area contributed by atoms with Crippen LogP contribution in [0.5, 0.6) is 0 Å². The Bertz CT molecular complexity index is 1240. The predicted molar refractivity (Wildman–Crippen MR) is 111 cm³/mol. The van der Waals surface area contributed by atoms with Gasteiger partial charge in [-0.1, -0.05) is 24.3 Å². The van der Waals surface area contributed by atoms with Crippen molar-refractivity contribution in [2.75, 3.05) is 10.6 Å². The highest BCUT2D eigenvalue weighted by molar-refractivity contribution is 5.83. The molecule has 0 atom stereocenters. The molecule has 164 valence electrons. The fraction of sp³-hybridized carbons (Fsp3) is 0.150. The number of halogens is 3. The van der Waals surface area contributed by atoms with Crippen LogP contribution in [0.25, 0.3) is 11.2 Å². The van der Waals surface area contributed by atoms with Crippen LogP contribution in [0.1, 0.15) is 16.7 Å². The number of non-ortho nitro benzene ring substituents is 1. The lowest BCUT2D eigenvalue weighted by atomic mass is 10.1. The Morgan fingerprint density at radius 3 is 2.19 bits per heavy atom. The Balaban J connectivity index is 1.47. The SMILES string of the molecule is O=[N+]([O-])c1ccc(CNc2nc(NCc3ccc(C(F)(F)F)cc3)nc3nc[nH]c23)cc1. The van der Waals surface area contributed by atoms with Crippen molar-refractivity contribution in [3.63, 3.8) is 0 Å². The van der Waals surface area contributed by atoms with Gasteiger partial charge in [-0.15, -0.1) is 0 Å². The van der Waals surface area contributed by atoms with Gasteiger partial charge in [0.1, 0.15) is 5.52 Å². The number of anilines is 2. The second-order valence-electron chi connectivity index (χ2n) is 6.82. The van der Waals surface area contributed by atoms with Crippen molar-refractivity contribution in [2.24, 2.45) is 0 Å². The maximum Gasteiger partial charge on any atom is 0.416 e. The minimum atomic E-state index is -4.38. The van der Waals surface area contributed by atoms with Crippen LogP contribution in [0.15, 0.2) is 54.9 Å². The summed E-state index contributed by atoms with van der Waals surface area (Å²) in [6.07, 6.45) is -2.92. The van der Waals surface area contributed by atoms with E-state index in [0.717, 1.165) is 17.7 Å². The minimum absolute atomic E-state index is 0.00139. The lowest BCUT2D eigenvalue weighted by molar-refractivity contribution is -0.384. The summed E-state index contributed by atoms with van der Waals surface area (Å²) in [5.74, 6) is 0.705. The lowest BCUT2D eigenvalue weighted by Gasteiger charge is -2.11. The molecule has 0 amide bonds. The second kappa shape index (κ2) is 8.49. The molecule has 0 aliphatic rings. The molecule has 0 spiro atoms. The Hall–Kier alpha value is -4.22.